The van der Waals surface area contributed by atoms with E-state index >= 15 is 0 Å². The normalized spacial score (nSPS) is 21.5. The molecule has 0 rings (SSSR count). The molecule has 0 bridgehead atoms. The molecule has 0 saturated carbocycles. The third kappa shape index (κ3) is 4.25. The highest BCUT2D eigenvalue weighted by Crippen LogP contribution is 2.10. The fraction of sp³-hybridized carbons (Fsp3) is 0.778. The molecular formula is C9H19NO5. The molecule has 0 saturated heterocycles. The second-order valence-corrected chi connectivity index (χ2v) is 3.37. The zero-order chi connectivity index (χ0) is 12.0. The molecule has 0 amide bonds. The van der Waals surface area contributed by atoms with Crippen LogP contribution in [0.1, 0.15) is 6.42 Å². The summed E-state index contributed by atoms with van der Waals surface area (Å²) in [6, 6.07) is 0. The van der Waals surface area contributed by atoms with Gasteiger partial charge in [0.1, 0.15) is 18.3 Å². The Hall–Kier alpha value is -0.500. The van der Waals surface area contributed by atoms with E-state index < -0.39 is 30.5 Å². The molecule has 7 N–H and O–H groups in total. The van der Waals surface area contributed by atoms with Crippen LogP contribution in [0.4, 0.5) is 0 Å². The van der Waals surface area contributed by atoms with Crippen molar-refractivity contribution in [2.75, 3.05) is 6.54 Å². The molecule has 0 fully saturated rings. The maximum absolute atomic E-state index is 9.37. The Morgan fingerprint density at radius 2 is 1.40 bits per heavy atom. The van der Waals surface area contributed by atoms with Gasteiger partial charge in [0.15, 0.2) is 0 Å². The van der Waals surface area contributed by atoms with E-state index in [4.69, 9.17) is 10.8 Å². The van der Waals surface area contributed by atoms with Gasteiger partial charge in [-0.15, -0.1) is 6.58 Å². The lowest BCUT2D eigenvalue weighted by Crippen LogP contribution is -2.50. The van der Waals surface area contributed by atoms with Crippen molar-refractivity contribution in [3.05, 3.63) is 12.7 Å². The molecule has 0 aliphatic carbocycles. The van der Waals surface area contributed by atoms with E-state index in [1.54, 1.807) is 0 Å². The summed E-state index contributed by atoms with van der Waals surface area (Å²) in [4.78, 5) is 0. The fourth-order valence-electron chi connectivity index (χ4n) is 1.11. The number of aliphatic hydroxyl groups is 5. The standard InChI is InChI=1S/C9H19NO5/c1-2-3-5(11)7(13)9(15)8(14)6(12)4-10/h2,5-9,11-15H,1,3-4,10H2/t5-,6+,7-,8+,9+/m0/s1. The predicted molar refractivity (Wildman–Crippen MR) is 53.9 cm³/mol. The molecule has 15 heavy (non-hydrogen) atoms. The molecule has 6 nitrogen and oxygen atoms in total. The van der Waals surface area contributed by atoms with Gasteiger partial charge in [-0.1, -0.05) is 6.08 Å². The molecule has 0 spiro atoms. The third-order valence-corrected chi connectivity index (χ3v) is 2.14. The van der Waals surface area contributed by atoms with Crippen molar-refractivity contribution in [1.29, 1.82) is 0 Å². The van der Waals surface area contributed by atoms with Crippen LogP contribution in [0.2, 0.25) is 0 Å². The average Bonchev–Trinajstić information content (AvgIpc) is 2.25. The van der Waals surface area contributed by atoms with Crippen LogP contribution in [-0.2, 0) is 0 Å². The first-order valence-electron chi connectivity index (χ1n) is 4.67. The van der Waals surface area contributed by atoms with E-state index in [1.165, 1.54) is 6.08 Å². The maximum atomic E-state index is 9.37. The van der Waals surface area contributed by atoms with Gasteiger partial charge in [-0.3, -0.25) is 0 Å². The van der Waals surface area contributed by atoms with E-state index in [-0.39, 0.29) is 13.0 Å². The van der Waals surface area contributed by atoms with Crippen molar-refractivity contribution in [1.82, 2.24) is 0 Å². The summed E-state index contributed by atoms with van der Waals surface area (Å²) >= 11 is 0. The van der Waals surface area contributed by atoms with Crippen molar-refractivity contribution < 1.29 is 25.5 Å². The average molecular weight is 221 g/mol. The van der Waals surface area contributed by atoms with Crippen molar-refractivity contribution in [2.24, 2.45) is 5.73 Å². The molecule has 0 aromatic rings. The first-order valence-corrected chi connectivity index (χ1v) is 4.67. The Morgan fingerprint density at radius 3 is 1.80 bits per heavy atom. The zero-order valence-electron chi connectivity index (χ0n) is 8.40. The number of hydrogen-bond donors (Lipinski definition) is 6. The summed E-state index contributed by atoms with van der Waals surface area (Å²) in [6.07, 6.45) is -5.94. The number of aliphatic hydroxyl groups excluding tert-OH is 5. The van der Waals surface area contributed by atoms with E-state index in [2.05, 4.69) is 6.58 Å². The van der Waals surface area contributed by atoms with Gasteiger partial charge in [-0.05, 0) is 6.42 Å². The number of hydrogen-bond acceptors (Lipinski definition) is 6. The van der Waals surface area contributed by atoms with Crippen LogP contribution in [-0.4, -0.2) is 62.6 Å². The Kier molecular flexibility index (Phi) is 6.66. The van der Waals surface area contributed by atoms with Crippen LogP contribution in [0.3, 0.4) is 0 Å². The van der Waals surface area contributed by atoms with Crippen molar-refractivity contribution in [3.63, 3.8) is 0 Å². The quantitative estimate of drug-likeness (QED) is 0.260. The van der Waals surface area contributed by atoms with Gasteiger partial charge in [0.25, 0.3) is 0 Å². The summed E-state index contributed by atoms with van der Waals surface area (Å²) in [5.41, 5.74) is 5.06. The van der Waals surface area contributed by atoms with Gasteiger partial charge in [-0.2, -0.15) is 0 Å². The largest absolute Gasteiger partial charge is 0.390 e. The Morgan fingerprint density at radius 1 is 0.933 bits per heavy atom. The summed E-state index contributed by atoms with van der Waals surface area (Å²) in [6.45, 7) is 3.11. The highest BCUT2D eigenvalue weighted by atomic mass is 16.4. The molecular weight excluding hydrogens is 202 g/mol. The number of rotatable bonds is 7. The molecule has 0 heterocycles. The molecule has 0 unspecified atom stereocenters. The summed E-state index contributed by atoms with van der Waals surface area (Å²) in [7, 11) is 0. The van der Waals surface area contributed by atoms with Crippen LogP contribution in [0.15, 0.2) is 12.7 Å². The summed E-state index contributed by atoms with van der Waals surface area (Å²) in [5, 5.41) is 46.4. The van der Waals surface area contributed by atoms with E-state index in [9.17, 15) is 20.4 Å². The molecule has 0 aromatic carbocycles. The zero-order valence-corrected chi connectivity index (χ0v) is 8.40. The van der Waals surface area contributed by atoms with Gasteiger partial charge >= 0.3 is 0 Å². The lowest BCUT2D eigenvalue weighted by molar-refractivity contribution is -0.131. The molecule has 0 aliphatic rings. The predicted octanol–water partition coefficient (Wildman–Crippen LogP) is -2.67. The van der Waals surface area contributed by atoms with Crippen LogP contribution in [0.25, 0.3) is 0 Å². The minimum Gasteiger partial charge on any atom is -0.390 e. The van der Waals surface area contributed by atoms with Crippen molar-refractivity contribution in [3.8, 4) is 0 Å². The van der Waals surface area contributed by atoms with E-state index in [0.29, 0.717) is 0 Å². The highest BCUT2D eigenvalue weighted by molar-refractivity contribution is 4.87. The van der Waals surface area contributed by atoms with Gasteiger partial charge in [-0.25, -0.2) is 0 Å². The lowest BCUT2D eigenvalue weighted by atomic mass is 9.98. The second-order valence-electron chi connectivity index (χ2n) is 3.37. The van der Waals surface area contributed by atoms with Crippen LogP contribution >= 0.6 is 0 Å². The number of nitrogens with two attached hydrogens (primary N) is 1. The highest BCUT2D eigenvalue weighted by Gasteiger charge is 2.33. The van der Waals surface area contributed by atoms with E-state index in [0.717, 1.165) is 0 Å². The summed E-state index contributed by atoms with van der Waals surface area (Å²) < 4.78 is 0. The summed E-state index contributed by atoms with van der Waals surface area (Å²) in [5.74, 6) is 0. The lowest BCUT2D eigenvalue weighted by Gasteiger charge is -2.28. The second kappa shape index (κ2) is 6.89. The smallest absolute Gasteiger partial charge is 0.111 e. The van der Waals surface area contributed by atoms with Gasteiger partial charge in [0.2, 0.25) is 0 Å². The van der Waals surface area contributed by atoms with E-state index in [1.807, 2.05) is 0 Å². The Balaban J connectivity index is 4.28. The van der Waals surface area contributed by atoms with Crippen molar-refractivity contribution in [2.45, 2.75) is 36.9 Å². The molecule has 5 atom stereocenters. The monoisotopic (exact) mass is 221 g/mol. The van der Waals surface area contributed by atoms with Crippen molar-refractivity contribution >= 4 is 0 Å². The minimum atomic E-state index is -1.65. The Bertz CT molecular complexity index is 189. The van der Waals surface area contributed by atoms with Crippen LogP contribution in [0, 0.1) is 0 Å². The van der Waals surface area contributed by atoms with Crippen LogP contribution < -0.4 is 5.73 Å². The minimum absolute atomic E-state index is 0.0731. The maximum Gasteiger partial charge on any atom is 0.111 e. The molecule has 0 aliphatic heterocycles. The van der Waals surface area contributed by atoms with Gasteiger partial charge < -0.3 is 31.3 Å². The molecule has 0 radical (unpaired) electrons. The SMILES string of the molecule is C=CC[C@H](O)[C@H](O)[C@@H](O)[C@H](O)[C@H](O)CN. The topological polar surface area (TPSA) is 127 Å². The fourth-order valence-corrected chi connectivity index (χ4v) is 1.11. The first-order chi connectivity index (χ1) is 6.95. The molecule has 6 heteroatoms. The van der Waals surface area contributed by atoms with Crippen LogP contribution in [0.5, 0.6) is 0 Å². The molecule has 0 aromatic heterocycles. The van der Waals surface area contributed by atoms with Gasteiger partial charge in [0, 0.05) is 6.54 Å². The third-order valence-electron chi connectivity index (χ3n) is 2.14. The molecule has 90 valence electrons. The first kappa shape index (κ1) is 14.5. The van der Waals surface area contributed by atoms with Gasteiger partial charge in [0.05, 0.1) is 12.2 Å². The Labute approximate surface area is 88.3 Å².